The Hall–Kier alpha value is -1.32. The summed E-state index contributed by atoms with van der Waals surface area (Å²) in [7, 11) is 2.21. The SMILES string of the molecule is Cc1[nH]c2ccccc2c1CN(C)C1CCCC1N. The third kappa shape index (κ3) is 2.28. The van der Waals surface area contributed by atoms with Gasteiger partial charge in [0, 0.05) is 35.2 Å². The van der Waals surface area contributed by atoms with Crippen molar-refractivity contribution in [1.82, 2.24) is 9.88 Å². The molecule has 3 N–H and O–H groups in total. The zero-order valence-electron chi connectivity index (χ0n) is 11.8. The van der Waals surface area contributed by atoms with Crippen molar-refractivity contribution in [2.75, 3.05) is 7.05 Å². The lowest BCUT2D eigenvalue weighted by Crippen LogP contribution is -2.41. The van der Waals surface area contributed by atoms with E-state index in [2.05, 4.69) is 48.1 Å². The minimum atomic E-state index is 0.343. The minimum absolute atomic E-state index is 0.343. The number of likely N-dealkylation sites (N-methyl/N-ethyl adjacent to an activating group) is 1. The molecule has 1 fully saturated rings. The Morgan fingerprint density at radius 2 is 2.11 bits per heavy atom. The number of para-hydroxylation sites is 1. The van der Waals surface area contributed by atoms with E-state index >= 15 is 0 Å². The van der Waals surface area contributed by atoms with Gasteiger partial charge in [0.2, 0.25) is 0 Å². The van der Waals surface area contributed by atoms with Crippen molar-refractivity contribution in [3.63, 3.8) is 0 Å². The molecule has 3 rings (SSSR count). The van der Waals surface area contributed by atoms with Gasteiger partial charge in [0.15, 0.2) is 0 Å². The summed E-state index contributed by atoms with van der Waals surface area (Å²) in [5.41, 5.74) is 10.1. The van der Waals surface area contributed by atoms with Gasteiger partial charge in [-0.25, -0.2) is 0 Å². The highest BCUT2D eigenvalue weighted by atomic mass is 15.1. The van der Waals surface area contributed by atoms with E-state index in [1.807, 2.05) is 0 Å². The number of aromatic nitrogens is 1. The molecule has 102 valence electrons. The summed E-state index contributed by atoms with van der Waals surface area (Å²) in [6, 6.07) is 9.42. The van der Waals surface area contributed by atoms with Gasteiger partial charge >= 0.3 is 0 Å². The number of fused-ring (bicyclic) bond motifs is 1. The van der Waals surface area contributed by atoms with E-state index in [4.69, 9.17) is 5.73 Å². The van der Waals surface area contributed by atoms with Gasteiger partial charge < -0.3 is 10.7 Å². The van der Waals surface area contributed by atoms with Crippen LogP contribution in [0.3, 0.4) is 0 Å². The van der Waals surface area contributed by atoms with E-state index in [9.17, 15) is 0 Å². The van der Waals surface area contributed by atoms with Crippen LogP contribution in [-0.4, -0.2) is 29.0 Å². The first kappa shape index (κ1) is 12.7. The van der Waals surface area contributed by atoms with Crippen molar-refractivity contribution >= 4 is 10.9 Å². The predicted molar refractivity (Wildman–Crippen MR) is 80.1 cm³/mol. The smallest absolute Gasteiger partial charge is 0.0459 e. The number of rotatable bonds is 3. The Kier molecular flexibility index (Phi) is 3.33. The molecule has 3 nitrogen and oxygen atoms in total. The molecule has 0 spiro atoms. The molecule has 0 aliphatic heterocycles. The van der Waals surface area contributed by atoms with Crippen LogP contribution in [0.15, 0.2) is 24.3 Å². The summed E-state index contributed by atoms with van der Waals surface area (Å²) in [6.07, 6.45) is 3.67. The lowest BCUT2D eigenvalue weighted by atomic mass is 10.1. The second-order valence-corrected chi connectivity index (χ2v) is 5.85. The largest absolute Gasteiger partial charge is 0.358 e. The molecule has 2 atom stereocenters. The van der Waals surface area contributed by atoms with Crippen LogP contribution >= 0.6 is 0 Å². The molecule has 1 aromatic heterocycles. The van der Waals surface area contributed by atoms with Crippen LogP contribution in [0.1, 0.15) is 30.5 Å². The molecule has 0 radical (unpaired) electrons. The van der Waals surface area contributed by atoms with E-state index in [0.717, 1.165) is 6.54 Å². The van der Waals surface area contributed by atoms with Crippen molar-refractivity contribution in [3.8, 4) is 0 Å². The molecule has 0 bridgehead atoms. The number of nitrogens with two attached hydrogens (primary N) is 1. The van der Waals surface area contributed by atoms with Crippen LogP contribution in [-0.2, 0) is 6.54 Å². The van der Waals surface area contributed by atoms with Gasteiger partial charge in [-0.15, -0.1) is 0 Å². The fourth-order valence-electron chi connectivity index (χ4n) is 3.42. The number of H-pyrrole nitrogens is 1. The maximum absolute atomic E-state index is 6.21. The van der Waals surface area contributed by atoms with Crippen LogP contribution in [0, 0.1) is 6.92 Å². The van der Waals surface area contributed by atoms with Crippen LogP contribution in [0.25, 0.3) is 10.9 Å². The highest BCUT2D eigenvalue weighted by molar-refractivity contribution is 5.84. The average molecular weight is 257 g/mol. The second-order valence-electron chi connectivity index (χ2n) is 5.85. The summed E-state index contributed by atoms with van der Waals surface area (Å²) >= 11 is 0. The van der Waals surface area contributed by atoms with Crippen molar-refractivity contribution in [1.29, 1.82) is 0 Å². The Labute approximate surface area is 114 Å². The predicted octanol–water partition coefficient (Wildman–Crippen LogP) is 2.79. The van der Waals surface area contributed by atoms with Gasteiger partial charge in [0.05, 0.1) is 0 Å². The first-order valence-electron chi connectivity index (χ1n) is 7.19. The Morgan fingerprint density at radius 3 is 2.84 bits per heavy atom. The first-order valence-corrected chi connectivity index (χ1v) is 7.19. The summed E-state index contributed by atoms with van der Waals surface area (Å²) < 4.78 is 0. The van der Waals surface area contributed by atoms with Crippen LogP contribution in [0.5, 0.6) is 0 Å². The molecule has 0 saturated heterocycles. The molecule has 0 amide bonds. The molecule has 2 aromatic rings. The molecule has 1 aliphatic carbocycles. The second kappa shape index (κ2) is 4.99. The molecule has 1 saturated carbocycles. The summed E-state index contributed by atoms with van der Waals surface area (Å²) in [5, 5.41) is 1.35. The molecule has 3 heteroatoms. The summed E-state index contributed by atoms with van der Waals surface area (Å²) in [4.78, 5) is 5.91. The maximum atomic E-state index is 6.21. The normalized spacial score (nSPS) is 23.6. The number of benzene rings is 1. The average Bonchev–Trinajstić information content (AvgIpc) is 2.94. The van der Waals surface area contributed by atoms with E-state index in [0.29, 0.717) is 12.1 Å². The maximum Gasteiger partial charge on any atom is 0.0459 e. The molecule has 1 aliphatic rings. The van der Waals surface area contributed by atoms with E-state index < -0.39 is 0 Å². The Morgan fingerprint density at radius 1 is 1.32 bits per heavy atom. The fourth-order valence-corrected chi connectivity index (χ4v) is 3.42. The first-order chi connectivity index (χ1) is 9.16. The van der Waals surface area contributed by atoms with Crippen LogP contribution in [0.4, 0.5) is 0 Å². The van der Waals surface area contributed by atoms with Gasteiger partial charge in [-0.05, 0) is 38.4 Å². The Bertz CT molecular complexity index is 572. The fraction of sp³-hybridized carbons (Fsp3) is 0.500. The van der Waals surface area contributed by atoms with Crippen molar-refractivity contribution in [2.24, 2.45) is 5.73 Å². The molecular formula is C16H23N3. The Balaban J connectivity index is 1.86. The third-order valence-corrected chi connectivity index (χ3v) is 4.53. The number of hydrogen-bond donors (Lipinski definition) is 2. The van der Waals surface area contributed by atoms with Gasteiger partial charge in [-0.1, -0.05) is 24.6 Å². The quantitative estimate of drug-likeness (QED) is 0.888. The van der Waals surface area contributed by atoms with Crippen molar-refractivity contribution < 1.29 is 0 Å². The van der Waals surface area contributed by atoms with E-state index in [-0.39, 0.29) is 0 Å². The molecule has 2 unspecified atom stereocenters. The molecule has 1 aromatic carbocycles. The molecular weight excluding hydrogens is 234 g/mol. The van der Waals surface area contributed by atoms with E-state index in [1.165, 1.54) is 41.4 Å². The minimum Gasteiger partial charge on any atom is -0.358 e. The summed E-state index contributed by atoms with van der Waals surface area (Å²) in [5.74, 6) is 0. The highest BCUT2D eigenvalue weighted by Crippen LogP contribution is 2.27. The van der Waals surface area contributed by atoms with Gasteiger partial charge in [0.1, 0.15) is 0 Å². The van der Waals surface area contributed by atoms with Gasteiger partial charge in [0.25, 0.3) is 0 Å². The number of aryl methyl sites for hydroxylation is 1. The molecule has 1 heterocycles. The lowest BCUT2D eigenvalue weighted by molar-refractivity contribution is 0.221. The van der Waals surface area contributed by atoms with Crippen LogP contribution in [0.2, 0.25) is 0 Å². The van der Waals surface area contributed by atoms with Crippen molar-refractivity contribution in [2.45, 2.75) is 44.8 Å². The number of aromatic amines is 1. The summed E-state index contributed by atoms with van der Waals surface area (Å²) in [6.45, 7) is 3.14. The van der Waals surface area contributed by atoms with Gasteiger partial charge in [-0.3, -0.25) is 4.90 Å². The number of nitrogens with zero attached hydrogens (tertiary/aromatic N) is 1. The monoisotopic (exact) mass is 257 g/mol. The third-order valence-electron chi connectivity index (χ3n) is 4.53. The van der Waals surface area contributed by atoms with Crippen molar-refractivity contribution in [3.05, 3.63) is 35.5 Å². The highest BCUT2D eigenvalue weighted by Gasteiger charge is 2.27. The zero-order valence-corrected chi connectivity index (χ0v) is 11.8. The van der Waals surface area contributed by atoms with Gasteiger partial charge in [-0.2, -0.15) is 0 Å². The topological polar surface area (TPSA) is 45.0 Å². The lowest BCUT2D eigenvalue weighted by Gasteiger charge is -2.27. The molecule has 19 heavy (non-hydrogen) atoms. The van der Waals surface area contributed by atoms with E-state index in [1.54, 1.807) is 0 Å². The standard InChI is InChI=1S/C16H23N3/c1-11-13(12-6-3-4-8-15(12)18-11)10-19(2)16-9-5-7-14(16)17/h3-4,6,8,14,16,18H,5,7,9-10,17H2,1-2H3. The van der Waals surface area contributed by atoms with Crippen LogP contribution < -0.4 is 5.73 Å². The number of hydrogen-bond acceptors (Lipinski definition) is 2. The zero-order chi connectivity index (χ0) is 13.4. The number of nitrogens with one attached hydrogen (secondary N) is 1.